The molecule has 2 unspecified atom stereocenters. The summed E-state index contributed by atoms with van der Waals surface area (Å²) in [5.74, 6) is -1.20. The molecule has 3 fully saturated rings. The SMILES string of the molecule is CCCNC(=O)[C@@H]1[C@@H]2CCC3(S2)C(C(=O)Nc2ccc(N(CC)CC)cc2)N(CCCCO)C(=O)[C@H]13. The summed E-state index contributed by atoms with van der Waals surface area (Å²) in [7, 11) is 0. The predicted molar refractivity (Wildman–Crippen MR) is 144 cm³/mol. The number of amides is 3. The first kappa shape index (κ1) is 26.8. The number of rotatable bonds is 12. The summed E-state index contributed by atoms with van der Waals surface area (Å²) in [6.45, 7) is 9.10. The number of fused-ring (bicyclic) bond motifs is 1. The molecule has 1 spiro atoms. The van der Waals surface area contributed by atoms with Crippen molar-refractivity contribution in [3.05, 3.63) is 24.3 Å². The number of thioether (sulfide) groups is 1. The molecule has 3 aliphatic rings. The van der Waals surface area contributed by atoms with Crippen molar-refractivity contribution >= 4 is 40.9 Å². The summed E-state index contributed by atoms with van der Waals surface area (Å²) in [5, 5.41) is 15.4. The van der Waals surface area contributed by atoms with Crippen molar-refractivity contribution in [2.45, 2.75) is 68.9 Å². The number of aliphatic hydroxyl groups is 1. The molecule has 3 amide bonds. The fourth-order valence-electron chi connectivity index (χ4n) is 6.31. The molecule has 3 N–H and O–H groups in total. The minimum absolute atomic E-state index is 0.0468. The lowest BCUT2D eigenvalue weighted by Gasteiger charge is -2.34. The van der Waals surface area contributed by atoms with Gasteiger partial charge in [-0.05, 0) is 70.2 Å². The summed E-state index contributed by atoms with van der Waals surface area (Å²) in [6, 6.07) is 7.20. The number of aliphatic hydroxyl groups excluding tert-OH is 1. The van der Waals surface area contributed by atoms with E-state index in [1.54, 1.807) is 16.7 Å². The monoisotopic (exact) mass is 516 g/mol. The Labute approximate surface area is 218 Å². The third kappa shape index (κ3) is 4.72. The molecular weight excluding hydrogens is 476 g/mol. The fourth-order valence-corrected chi connectivity index (χ4v) is 8.53. The van der Waals surface area contributed by atoms with Crippen LogP contribution in [-0.2, 0) is 14.4 Å². The van der Waals surface area contributed by atoms with Crippen LogP contribution in [0.1, 0.15) is 52.9 Å². The second-order valence-electron chi connectivity index (χ2n) is 10.0. The highest BCUT2D eigenvalue weighted by atomic mass is 32.2. The van der Waals surface area contributed by atoms with E-state index >= 15 is 0 Å². The van der Waals surface area contributed by atoms with Gasteiger partial charge in [-0.2, -0.15) is 0 Å². The molecule has 5 atom stereocenters. The molecule has 2 bridgehead atoms. The molecule has 1 aromatic rings. The first-order valence-corrected chi connectivity index (χ1v) is 14.3. The molecule has 0 saturated carbocycles. The number of unbranched alkanes of at least 4 members (excludes halogenated alkanes) is 1. The smallest absolute Gasteiger partial charge is 0.248 e. The Hall–Kier alpha value is -2.26. The number of hydrogen-bond donors (Lipinski definition) is 3. The van der Waals surface area contributed by atoms with E-state index in [9.17, 15) is 19.5 Å². The van der Waals surface area contributed by atoms with Gasteiger partial charge < -0.3 is 25.5 Å². The topological polar surface area (TPSA) is 102 Å². The van der Waals surface area contributed by atoms with Gasteiger partial charge in [0.1, 0.15) is 6.04 Å². The van der Waals surface area contributed by atoms with E-state index in [1.807, 2.05) is 31.2 Å². The summed E-state index contributed by atoms with van der Waals surface area (Å²) in [6.07, 6.45) is 3.62. The lowest BCUT2D eigenvalue weighted by molar-refractivity contribution is -0.139. The average Bonchev–Trinajstić information content (AvgIpc) is 3.52. The van der Waals surface area contributed by atoms with E-state index in [0.29, 0.717) is 31.6 Å². The Morgan fingerprint density at radius 2 is 1.86 bits per heavy atom. The Kier molecular flexibility index (Phi) is 8.50. The van der Waals surface area contributed by atoms with Crippen molar-refractivity contribution in [1.82, 2.24) is 10.2 Å². The minimum Gasteiger partial charge on any atom is -0.396 e. The standard InChI is InChI=1S/C27H40N4O4S/c1-4-15-28-24(33)21-20-13-14-27(36-20)22(21)26(35)31(16-7-8-17-32)23(27)25(34)29-18-9-11-19(12-10-18)30(5-2)6-3/h9-12,20-23,32H,4-8,13-17H2,1-3H3,(H,28,33)(H,29,34)/t20-,21+,22-,23?,27?/m0/s1. The second-order valence-corrected chi connectivity index (χ2v) is 11.6. The number of carbonyl (C=O) groups is 3. The number of benzene rings is 1. The van der Waals surface area contributed by atoms with Crippen molar-refractivity contribution < 1.29 is 19.5 Å². The van der Waals surface area contributed by atoms with Gasteiger partial charge in [0.05, 0.1) is 16.6 Å². The Bertz CT molecular complexity index is 954. The maximum Gasteiger partial charge on any atom is 0.248 e. The lowest BCUT2D eigenvalue weighted by atomic mass is 9.70. The Morgan fingerprint density at radius 3 is 2.50 bits per heavy atom. The van der Waals surface area contributed by atoms with Gasteiger partial charge in [-0.15, -0.1) is 11.8 Å². The molecule has 198 valence electrons. The summed E-state index contributed by atoms with van der Waals surface area (Å²) in [4.78, 5) is 44.7. The maximum absolute atomic E-state index is 13.8. The van der Waals surface area contributed by atoms with Gasteiger partial charge in [0.25, 0.3) is 0 Å². The molecule has 0 aliphatic carbocycles. The Morgan fingerprint density at radius 1 is 1.14 bits per heavy atom. The average molecular weight is 517 g/mol. The quantitative estimate of drug-likeness (QED) is 0.369. The molecule has 8 nitrogen and oxygen atoms in total. The van der Waals surface area contributed by atoms with E-state index < -0.39 is 22.6 Å². The molecule has 3 aliphatic heterocycles. The van der Waals surface area contributed by atoms with Gasteiger partial charge in [-0.3, -0.25) is 14.4 Å². The van der Waals surface area contributed by atoms with Gasteiger partial charge in [-0.1, -0.05) is 6.92 Å². The zero-order valence-electron chi connectivity index (χ0n) is 21.7. The normalized spacial score (nSPS) is 28.3. The third-order valence-electron chi connectivity index (χ3n) is 7.97. The number of carbonyl (C=O) groups excluding carboxylic acids is 3. The highest BCUT2D eigenvalue weighted by molar-refractivity contribution is 8.02. The van der Waals surface area contributed by atoms with Gasteiger partial charge in [0.15, 0.2) is 0 Å². The second kappa shape index (κ2) is 11.4. The number of anilines is 2. The van der Waals surface area contributed by atoms with Crippen molar-refractivity contribution in [2.75, 3.05) is 43.0 Å². The summed E-state index contributed by atoms with van der Waals surface area (Å²) < 4.78 is -0.583. The molecule has 3 saturated heterocycles. The molecule has 4 rings (SSSR count). The van der Waals surface area contributed by atoms with Gasteiger partial charge in [-0.25, -0.2) is 0 Å². The van der Waals surface area contributed by atoms with Crippen molar-refractivity contribution in [1.29, 1.82) is 0 Å². The van der Waals surface area contributed by atoms with E-state index in [4.69, 9.17) is 0 Å². The number of nitrogens with zero attached hydrogens (tertiary/aromatic N) is 2. The van der Waals surface area contributed by atoms with Crippen LogP contribution in [0.2, 0.25) is 0 Å². The number of likely N-dealkylation sites (tertiary alicyclic amines) is 1. The maximum atomic E-state index is 13.8. The van der Waals surface area contributed by atoms with Gasteiger partial charge in [0.2, 0.25) is 17.7 Å². The first-order chi connectivity index (χ1) is 17.4. The molecular formula is C27H40N4O4S. The molecule has 1 aromatic carbocycles. The van der Waals surface area contributed by atoms with Crippen molar-refractivity contribution in [2.24, 2.45) is 11.8 Å². The zero-order valence-corrected chi connectivity index (χ0v) is 22.5. The highest BCUT2D eigenvalue weighted by Crippen LogP contribution is 2.66. The van der Waals surface area contributed by atoms with Crippen LogP contribution in [0, 0.1) is 11.8 Å². The molecule has 9 heteroatoms. The van der Waals surface area contributed by atoms with Crippen LogP contribution in [0.5, 0.6) is 0 Å². The number of nitrogens with one attached hydrogen (secondary N) is 2. The van der Waals surface area contributed by atoms with Crippen LogP contribution in [0.4, 0.5) is 11.4 Å². The van der Waals surface area contributed by atoms with E-state index in [-0.39, 0.29) is 29.6 Å². The number of hydrogen-bond acceptors (Lipinski definition) is 6. The van der Waals surface area contributed by atoms with E-state index in [0.717, 1.165) is 38.0 Å². The van der Waals surface area contributed by atoms with Gasteiger partial charge >= 0.3 is 0 Å². The largest absolute Gasteiger partial charge is 0.396 e. The predicted octanol–water partition coefficient (Wildman–Crippen LogP) is 2.86. The minimum atomic E-state index is -0.630. The van der Waals surface area contributed by atoms with E-state index in [1.165, 1.54) is 0 Å². The van der Waals surface area contributed by atoms with Gasteiger partial charge in [0, 0.05) is 49.4 Å². The Balaban J connectivity index is 1.59. The van der Waals surface area contributed by atoms with E-state index in [2.05, 4.69) is 29.4 Å². The summed E-state index contributed by atoms with van der Waals surface area (Å²) >= 11 is 1.69. The van der Waals surface area contributed by atoms with Crippen LogP contribution in [0.3, 0.4) is 0 Å². The first-order valence-electron chi connectivity index (χ1n) is 13.4. The van der Waals surface area contributed by atoms with Crippen LogP contribution in [0.25, 0.3) is 0 Å². The zero-order chi connectivity index (χ0) is 25.9. The van der Waals surface area contributed by atoms with Crippen LogP contribution < -0.4 is 15.5 Å². The molecule has 36 heavy (non-hydrogen) atoms. The van der Waals surface area contributed by atoms with Crippen LogP contribution >= 0.6 is 11.8 Å². The summed E-state index contributed by atoms with van der Waals surface area (Å²) in [5.41, 5.74) is 1.80. The highest BCUT2D eigenvalue weighted by Gasteiger charge is 2.73. The molecule has 0 aromatic heterocycles. The van der Waals surface area contributed by atoms with Crippen molar-refractivity contribution in [3.8, 4) is 0 Å². The van der Waals surface area contributed by atoms with Crippen molar-refractivity contribution in [3.63, 3.8) is 0 Å². The fraction of sp³-hybridized carbons (Fsp3) is 0.667. The lowest BCUT2D eigenvalue weighted by Crippen LogP contribution is -2.51. The molecule has 0 radical (unpaired) electrons. The molecule has 3 heterocycles. The van der Waals surface area contributed by atoms with Crippen LogP contribution in [-0.4, -0.2) is 76.6 Å². The van der Waals surface area contributed by atoms with Crippen LogP contribution in [0.15, 0.2) is 24.3 Å². The third-order valence-corrected chi connectivity index (χ3v) is 9.92.